The van der Waals surface area contributed by atoms with Gasteiger partial charge in [0.1, 0.15) is 6.61 Å². The van der Waals surface area contributed by atoms with Crippen molar-refractivity contribution < 1.29 is 37.6 Å². The van der Waals surface area contributed by atoms with Crippen molar-refractivity contribution in [1.82, 2.24) is 0 Å². The highest BCUT2D eigenvalue weighted by atomic mass is 31.2. The first-order valence-corrected chi connectivity index (χ1v) is 10.7. The van der Waals surface area contributed by atoms with E-state index in [9.17, 15) is 19.0 Å². The highest BCUT2D eigenvalue weighted by molar-refractivity contribution is 7.47. The Labute approximate surface area is 156 Å². The summed E-state index contributed by atoms with van der Waals surface area (Å²) in [6, 6.07) is 0. The Balaban J connectivity index is 4.40. The first-order chi connectivity index (χ1) is 12.3. The van der Waals surface area contributed by atoms with Crippen LogP contribution in [0.2, 0.25) is 0 Å². The molecule has 0 aliphatic carbocycles. The fourth-order valence-corrected chi connectivity index (χ4v) is 2.52. The van der Waals surface area contributed by atoms with Crippen molar-refractivity contribution in [1.29, 1.82) is 0 Å². The van der Waals surface area contributed by atoms with Crippen molar-refractivity contribution in [2.24, 2.45) is 0 Å². The van der Waals surface area contributed by atoms with E-state index in [2.05, 4.69) is 11.4 Å². The van der Waals surface area contributed by atoms with Crippen LogP contribution in [-0.4, -0.2) is 43.3 Å². The molecule has 0 aliphatic heterocycles. The predicted molar refractivity (Wildman–Crippen MR) is 96.5 cm³/mol. The Kier molecular flexibility index (Phi) is 14.6. The Bertz CT molecular complexity index is 440. The molecule has 0 saturated carbocycles. The number of carbonyl (C=O) groups is 2. The van der Waals surface area contributed by atoms with Crippen molar-refractivity contribution in [2.75, 3.05) is 20.3 Å². The Hall–Kier alpha value is -0.950. The van der Waals surface area contributed by atoms with E-state index in [4.69, 9.17) is 14.0 Å². The van der Waals surface area contributed by atoms with Gasteiger partial charge >= 0.3 is 19.8 Å². The van der Waals surface area contributed by atoms with Crippen LogP contribution < -0.4 is 0 Å². The van der Waals surface area contributed by atoms with E-state index in [0.717, 1.165) is 45.6 Å². The number of phosphoric acid groups is 1. The highest BCUT2D eigenvalue weighted by Crippen LogP contribution is 2.42. The molecule has 0 heterocycles. The van der Waals surface area contributed by atoms with E-state index >= 15 is 0 Å². The standard InChI is InChI=1S/C17H33O8P/c1-4-6-8-10-11-16(18)23-13-15(14-24-26(20,21)22-3)25-17(19)12-9-7-5-2/h15H,4-14H2,1-3H3,(H,20,21)/t15-/m1/s1. The van der Waals surface area contributed by atoms with Crippen LogP contribution in [0.4, 0.5) is 0 Å². The number of carbonyl (C=O) groups excluding carboxylic acids is 2. The largest absolute Gasteiger partial charge is 0.472 e. The van der Waals surface area contributed by atoms with Crippen LogP contribution in [0.1, 0.15) is 71.6 Å². The van der Waals surface area contributed by atoms with Crippen LogP contribution >= 0.6 is 7.82 Å². The Morgan fingerprint density at radius 3 is 2.12 bits per heavy atom. The molecule has 0 bridgehead atoms. The van der Waals surface area contributed by atoms with Crippen LogP contribution in [0.15, 0.2) is 0 Å². The molecular weight excluding hydrogens is 363 g/mol. The first-order valence-electron chi connectivity index (χ1n) is 9.22. The van der Waals surface area contributed by atoms with Crippen LogP contribution in [0, 0.1) is 0 Å². The maximum atomic E-state index is 11.8. The molecule has 1 unspecified atom stereocenters. The molecule has 0 rings (SSSR count). The summed E-state index contributed by atoms with van der Waals surface area (Å²) in [6.07, 6.45) is 5.94. The van der Waals surface area contributed by atoms with Gasteiger partial charge in [-0.25, -0.2) is 4.57 Å². The van der Waals surface area contributed by atoms with Gasteiger partial charge in [-0.15, -0.1) is 0 Å². The van der Waals surface area contributed by atoms with Crippen molar-refractivity contribution in [3.8, 4) is 0 Å². The lowest BCUT2D eigenvalue weighted by Gasteiger charge is -2.19. The second kappa shape index (κ2) is 15.1. The van der Waals surface area contributed by atoms with Gasteiger partial charge in [-0.1, -0.05) is 46.0 Å². The summed E-state index contributed by atoms with van der Waals surface area (Å²) in [5.41, 5.74) is 0. The monoisotopic (exact) mass is 396 g/mol. The molecule has 154 valence electrons. The lowest BCUT2D eigenvalue weighted by atomic mass is 10.2. The Morgan fingerprint density at radius 2 is 1.50 bits per heavy atom. The van der Waals surface area contributed by atoms with E-state index in [1.54, 1.807) is 0 Å². The molecule has 0 aromatic carbocycles. The third-order valence-electron chi connectivity index (χ3n) is 3.60. The lowest BCUT2D eigenvalue weighted by molar-refractivity contribution is -0.161. The van der Waals surface area contributed by atoms with Crippen LogP contribution in [-0.2, 0) is 32.7 Å². The second-order valence-corrected chi connectivity index (χ2v) is 7.57. The zero-order valence-electron chi connectivity index (χ0n) is 16.1. The molecule has 0 aliphatic rings. The minimum atomic E-state index is -4.20. The molecule has 26 heavy (non-hydrogen) atoms. The molecule has 9 heteroatoms. The van der Waals surface area contributed by atoms with E-state index in [1.165, 1.54) is 0 Å². The molecule has 1 N–H and O–H groups in total. The number of hydrogen-bond acceptors (Lipinski definition) is 7. The zero-order chi connectivity index (χ0) is 19.8. The Morgan fingerprint density at radius 1 is 0.923 bits per heavy atom. The predicted octanol–water partition coefficient (Wildman–Crippen LogP) is 3.76. The van der Waals surface area contributed by atoms with Gasteiger partial charge in [0.25, 0.3) is 0 Å². The molecule has 0 amide bonds. The van der Waals surface area contributed by atoms with Gasteiger partial charge in [0.05, 0.1) is 6.61 Å². The number of esters is 2. The number of unbranched alkanes of at least 4 members (excludes halogenated alkanes) is 5. The van der Waals surface area contributed by atoms with E-state index in [-0.39, 0.29) is 19.4 Å². The molecule has 0 aromatic heterocycles. The van der Waals surface area contributed by atoms with Crippen molar-refractivity contribution in [3.05, 3.63) is 0 Å². The third-order valence-corrected chi connectivity index (χ3v) is 4.54. The van der Waals surface area contributed by atoms with E-state index < -0.39 is 32.5 Å². The maximum Gasteiger partial charge on any atom is 0.472 e. The van der Waals surface area contributed by atoms with Gasteiger partial charge in [-0.2, -0.15) is 0 Å². The number of hydrogen-bond donors (Lipinski definition) is 1. The summed E-state index contributed by atoms with van der Waals surface area (Å²) in [5, 5.41) is 0. The third kappa shape index (κ3) is 14.2. The fourth-order valence-electron chi connectivity index (χ4n) is 2.06. The molecular formula is C17H33O8P. The van der Waals surface area contributed by atoms with Gasteiger partial charge in [-0.05, 0) is 12.8 Å². The molecule has 0 spiro atoms. The van der Waals surface area contributed by atoms with Gasteiger partial charge < -0.3 is 14.4 Å². The number of ether oxygens (including phenoxy) is 2. The van der Waals surface area contributed by atoms with Crippen LogP contribution in [0.3, 0.4) is 0 Å². The summed E-state index contributed by atoms with van der Waals surface area (Å²) in [4.78, 5) is 32.8. The quantitative estimate of drug-likeness (QED) is 0.239. The average Bonchev–Trinajstić information content (AvgIpc) is 2.61. The van der Waals surface area contributed by atoms with Crippen LogP contribution in [0.25, 0.3) is 0 Å². The smallest absolute Gasteiger partial charge is 0.462 e. The molecule has 0 radical (unpaired) electrons. The van der Waals surface area contributed by atoms with Gasteiger partial charge in [-0.3, -0.25) is 18.6 Å². The average molecular weight is 396 g/mol. The summed E-state index contributed by atoms with van der Waals surface area (Å²) >= 11 is 0. The normalized spacial score (nSPS) is 14.5. The minimum absolute atomic E-state index is 0.226. The molecule has 2 atom stereocenters. The van der Waals surface area contributed by atoms with E-state index in [1.807, 2.05) is 6.92 Å². The lowest BCUT2D eigenvalue weighted by Crippen LogP contribution is -2.29. The second-order valence-electron chi connectivity index (χ2n) is 6.01. The fraction of sp³-hybridized carbons (Fsp3) is 0.882. The summed E-state index contributed by atoms with van der Waals surface area (Å²) in [5.74, 6) is -0.858. The number of phosphoric ester groups is 1. The van der Waals surface area contributed by atoms with Crippen molar-refractivity contribution >= 4 is 19.8 Å². The van der Waals surface area contributed by atoms with Crippen LogP contribution in [0.5, 0.6) is 0 Å². The van der Waals surface area contributed by atoms with Gasteiger partial charge in [0, 0.05) is 20.0 Å². The van der Waals surface area contributed by atoms with Crippen molar-refractivity contribution in [2.45, 2.75) is 77.7 Å². The molecule has 8 nitrogen and oxygen atoms in total. The number of rotatable bonds is 16. The molecule has 0 aromatic rings. The van der Waals surface area contributed by atoms with Crippen molar-refractivity contribution in [3.63, 3.8) is 0 Å². The molecule has 0 fully saturated rings. The zero-order valence-corrected chi connectivity index (χ0v) is 17.0. The highest BCUT2D eigenvalue weighted by Gasteiger charge is 2.24. The summed E-state index contributed by atoms with van der Waals surface area (Å²) in [7, 11) is -3.17. The molecule has 0 saturated heterocycles. The van der Waals surface area contributed by atoms with Gasteiger partial charge in [0.15, 0.2) is 6.10 Å². The van der Waals surface area contributed by atoms with E-state index in [0.29, 0.717) is 6.42 Å². The van der Waals surface area contributed by atoms with Gasteiger partial charge in [0.2, 0.25) is 0 Å². The minimum Gasteiger partial charge on any atom is -0.462 e. The maximum absolute atomic E-state index is 11.8. The first kappa shape index (κ1) is 25.1. The topological polar surface area (TPSA) is 108 Å². The summed E-state index contributed by atoms with van der Waals surface area (Å²) < 4.78 is 30.7. The SMILES string of the molecule is CCCCCCC(=O)OC[C@H](COP(=O)(O)OC)OC(=O)CCCCC. The summed E-state index contributed by atoms with van der Waals surface area (Å²) in [6.45, 7) is 3.48.